The zero-order valence-corrected chi connectivity index (χ0v) is 11.3. The van der Waals surface area contributed by atoms with Crippen molar-refractivity contribution in [2.24, 2.45) is 0 Å². The number of rotatable bonds is 6. The molecule has 2 nitrogen and oxygen atoms in total. The molecule has 0 bridgehead atoms. The molecule has 0 fully saturated rings. The summed E-state index contributed by atoms with van der Waals surface area (Å²) >= 11 is 0. The lowest BCUT2D eigenvalue weighted by molar-refractivity contribution is 0.165. The van der Waals surface area contributed by atoms with Gasteiger partial charge in [-0.25, -0.2) is 0 Å². The van der Waals surface area contributed by atoms with Crippen LogP contribution in [-0.2, 0) is 0 Å². The van der Waals surface area contributed by atoms with Crippen LogP contribution < -0.4 is 5.32 Å². The van der Waals surface area contributed by atoms with Gasteiger partial charge in [-0.15, -0.1) is 0 Å². The van der Waals surface area contributed by atoms with Crippen LogP contribution in [0.25, 0.3) is 0 Å². The Kier molecular flexibility index (Phi) is 5.13. The third kappa shape index (κ3) is 3.91. The van der Waals surface area contributed by atoms with E-state index in [0.29, 0.717) is 6.54 Å². The van der Waals surface area contributed by atoms with Gasteiger partial charge in [-0.1, -0.05) is 67.6 Å². The molecular weight excluding hydrogens is 234 g/mol. The van der Waals surface area contributed by atoms with Crippen LogP contribution >= 0.6 is 0 Å². The maximum Gasteiger partial charge on any atom is 0.0662 e. The molecule has 0 saturated heterocycles. The van der Waals surface area contributed by atoms with E-state index in [2.05, 4.69) is 29.6 Å². The van der Waals surface area contributed by atoms with Crippen molar-refractivity contribution in [3.05, 3.63) is 71.8 Å². The second kappa shape index (κ2) is 7.07. The van der Waals surface area contributed by atoms with Gasteiger partial charge in [-0.3, -0.25) is 0 Å². The molecule has 2 N–H and O–H groups in total. The normalized spacial score (nSPS) is 12.6. The van der Waals surface area contributed by atoms with E-state index in [4.69, 9.17) is 0 Å². The smallest absolute Gasteiger partial charge is 0.0662 e. The summed E-state index contributed by atoms with van der Waals surface area (Å²) in [7, 11) is 0. The van der Waals surface area contributed by atoms with Gasteiger partial charge < -0.3 is 10.4 Å². The van der Waals surface area contributed by atoms with Gasteiger partial charge in [0.15, 0.2) is 0 Å². The predicted octanol–water partition coefficient (Wildman–Crippen LogP) is 3.14. The van der Waals surface area contributed by atoms with E-state index in [-0.39, 0.29) is 12.1 Å². The van der Waals surface area contributed by atoms with Crippen molar-refractivity contribution in [1.82, 2.24) is 5.32 Å². The molecule has 19 heavy (non-hydrogen) atoms. The number of hydrogen-bond donors (Lipinski definition) is 2. The Balaban J connectivity index is 2.19. The SMILES string of the molecule is CCC(O)CNC(c1ccccc1)c1ccccc1. The highest BCUT2D eigenvalue weighted by Gasteiger charge is 2.14. The Morgan fingerprint density at radius 2 is 1.37 bits per heavy atom. The maximum absolute atomic E-state index is 9.74. The van der Waals surface area contributed by atoms with Gasteiger partial charge in [0.25, 0.3) is 0 Å². The average Bonchev–Trinajstić information content (AvgIpc) is 2.49. The molecule has 2 heteroatoms. The van der Waals surface area contributed by atoms with E-state index in [1.165, 1.54) is 11.1 Å². The van der Waals surface area contributed by atoms with Gasteiger partial charge in [0.1, 0.15) is 0 Å². The number of nitrogens with one attached hydrogen (secondary N) is 1. The lowest BCUT2D eigenvalue weighted by Crippen LogP contribution is -2.30. The van der Waals surface area contributed by atoms with E-state index in [1.54, 1.807) is 0 Å². The first-order valence-corrected chi connectivity index (χ1v) is 6.82. The van der Waals surface area contributed by atoms with Crippen molar-refractivity contribution in [3.8, 4) is 0 Å². The molecule has 0 heterocycles. The summed E-state index contributed by atoms with van der Waals surface area (Å²) in [5.74, 6) is 0. The van der Waals surface area contributed by atoms with E-state index in [9.17, 15) is 5.11 Å². The number of benzene rings is 2. The van der Waals surface area contributed by atoms with Crippen molar-refractivity contribution in [2.45, 2.75) is 25.5 Å². The highest BCUT2D eigenvalue weighted by molar-refractivity contribution is 5.31. The van der Waals surface area contributed by atoms with Crippen molar-refractivity contribution >= 4 is 0 Å². The Labute approximate surface area is 115 Å². The Bertz CT molecular complexity index is 430. The predicted molar refractivity (Wildman–Crippen MR) is 79.0 cm³/mol. The Hall–Kier alpha value is -1.64. The molecule has 100 valence electrons. The quantitative estimate of drug-likeness (QED) is 0.831. The van der Waals surface area contributed by atoms with Crippen LogP contribution in [0.15, 0.2) is 60.7 Å². The first-order valence-electron chi connectivity index (χ1n) is 6.82. The van der Waals surface area contributed by atoms with Crippen LogP contribution in [0.4, 0.5) is 0 Å². The Morgan fingerprint density at radius 1 is 0.895 bits per heavy atom. The number of aliphatic hydroxyl groups is 1. The Morgan fingerprint density at radius 3 is 1.79 bits per heavy atom. The fourth-order valence-electron chi connectivity index (χ4n) is 2.12. The number of aliphatic hydroxyl groups excluding tert-OH is 1. The van der Waals surface area contributed by atoms with Crippen molar-refractivity contribution < 1.29 is 5.11 Å². The zero-order chi connectivity index (χ0) is 13.5. The van der Waals surface area contributed by atoms with Gasteiger partial charge >= 0.3 is 0 Å². The third-order valence-corrected chi connectivity index (χ3v) is 3.29. The summed E-state index contributed by atoms with van der Waals surface area (Å²) in [6, 6.07) is 20.8. The molecule has 2 rings (SSSR count). The van der Waals surface area contributed by atoms with Crippen LogP contribution in [0, 0.1) is 0 Å². The highest BCUT2D eigenvalue weighted by atomic mass is 16.3. The third-order valence-electron chi connectivity index (χ3n) is 3.29. The molecule has 1 atom stereocenters. The molecule has 0 saturated carbocycles. The second-order valence-electron chi connectivity index (χ2n) is 4.72. The van der Waals surface area contributed by atoms with Gasteiger partial charge in [-0.2, -0.15) is 0 Å². The minimum Gasteiger partial charge on any atom is -0.392 e. The van der Waals surface area contributed by atoms with Crippen molar-refractivity contribution in [3.63, 3.8) is 0 Å². The molecule has 2 aromatic rings. The maximum atomic E-state index is 9.74. The molecule has 0 aliphatic rings. The summed E-state index contributed by atoms with van der Waals surface area (Å²) in [6.07, 6.45) is 0.471. The first-order chi connectivity index (χ1) is 9.31. The van der Waals surface area contributed by atoms with Gasteiger partial charge in [0.2, 0.25) is 0 Å². The molecule has 1 unspecified atom stereocenters. The summed E-state index contributed by atoms with van der Waals surface area (Å²) < 4.78 is 0. The monoisotopic (exact) mass is 255 g/mol. The summed E-state index contributed by atoms with van der Waals surface area (Å²) in [5.41, 5.74) is 2.44. The molecule has 0 spiro atoms. The first kappa shape index (κ1) is 13.8. The van der Waals surface area contributed by atoms with E-state index >= 15 is 0 Å². The standard InChI is InChI=1S/C17H21NO/c1-2-16(19)13-18-17(14-9-5-3-6-10-14)15-11-7-4-8-12-15/h3-12,16-19H,2,13H2,1H3. The molecule has 0 aliphatic heterocycles. The summed E-state index contributed by atoms with van der Waals surface area (Å²) in [5, 5.41) is 13.2. The molecule has 0 aromatic heterocycles. The van der Waals surface area contributed by atoms with Gasteiger partial charge in [0.05, 0.1) is 12.1 Å². The van der Waals surface area contributed by atoms with Crippen molar-refractivity contribution in [1.29, 1.82) is 0 Å². The fraction of sp³-hybridized carbons (Fsp3) is 0.294. The van der Waals surface area contributed by atoms with Crippen molar-refractivity contribution in [2.75, 3.05) is 6.54 Å². The average molecular weight is 255 g/mol. The van der Waals surface area contributed by atoms with E-state index < -0.39 is 0 Å². The van der Waals surface area contributed by atoms with Crippen LogP contribution in [0.5, 0.6) is 0 Å². The second-order valence-corrected chi connectivity index (χ2v) is 4.72. The summed E-state index contributed by atoms with van der Waals surface area (Å²) in [4.78, 5) is 0. The number of hydrogen-bond acceptors (Lipinski definition) is 2. The van der Waals surface area contributed by atoms with E-state index in [1.807, 2.05) is 43.3 Å². The molecular formula is C17H21NO. The molecule has 2 aromatic carbocycles. The summed E-state index contributed by atoms with van der Waals surface area (Å²) in [6.45, 7) is 2.59. The minimum absolute atomic E-state index is 0.128. The van der Waals surface area contributed by atoms with Crippen LogP contribution in [0.1, 0.15) is 30.5 Å². The van der Waals surface area contributed by atoms with Crippen LogP contribution in [-0.4, -0.2) is 17.8 Å². The molecule has 0 aliphatic carbocycles. The van der Waals surface area contributed by atoms with E-state index in [0.717, 1.165) is 6.42 Å². The zero-order valence-electron chi connectivity index (χ0n) is 11.3. The largest absolute Gasteiger partial charge is 0.392 e. The van der Waals surface area contributed by atoms with Gasteiger partial charge in [-0.05, 0) is 17.5 Å². The lowest BCUT2D eigenvalue weighted by atomic mass is 9.98. The van der Waals surface area contributed by atoms with Crippen LogP contribution in [0.3, 0.4) is 0 Å². The van der Waals surface area contributed by atoms with Crippen LogP contribution in [0.2, 0.25) is 0 Å². The lowest BCUT2D eigenvalue weighted by Gasteiger charge is -2.21. The molecule has 0 radical (unpaired) electrons. The highest BCUT2D eigenvalue weighted by Crippen LogP contribution is 2.21. The fourth-order valence-corrected chi connectivity index (χ4v) is 2.12. The molecule has 0 amide bonds. The topological polar surface area (TPSA) is 32.3 Å². The van der Waals surface area contributed by atoms with Gasteiger partial charge in [0, 0.05) is 6.54 Å². The minimum atomic E-state index is -0.296.